The Hall–Kier alpha value is -2.28. The lowest BCUT2D eigenvalue weighted by molar-refractivity contribution is -0.121. The van der Waals surface area contributed by atoms with Gasteiger partial charge in [-0.1, -0.05) is 0 Å². The third-order valence-electron chi connectivity index (χ3n) is 3.95. The molecule has 3 aromatic heterocycles. The Labute approximate surface area is 138 Å². The van der Waals surface area contributed by atoms with Gasteiger partial charge in [0.15, 0.2) is 5.65 Å². The van der Waals surface area contributed by atoms with Crippen molar-refractivity contribution in [1.29, 1.82) is 0 Å². The number of hydrogen-bond acceptors (Lipinski definition) is 5. The van der Waals surface area contributed by atoms with Crippen LogP contribution in [0.15, 0.2) is 24.0 Å². The van der Waals surface area contributed by atoms with Gasteiger partial charge in [0.2, 0.25) is 5.91 Å². The summed E-state index contributed by atoms with van der Waals surface area (Å²) in [5.74, 6) is 0.0327. The summed E-state index contributed by atoms with van der Waals surface area (Å²) in [5, 5.41) is 7.29. The minimum atomic E-state index is -0.0103. The van der Waals surface area contributed by atoms with Crippen molar-refractivity contribution in [2.75, 3.05) is 0 Å². The highest BCUT2D eigenvalue weighted by Gasteiger charge is 2.14. The number of fused-ring (bicyclic) bond motifs is 1. The average molecular weight is 329 g/mol. The molecule has 3 heterocycles. The van der Waals surface area contributed by atoms with Crippen molar-refractivity contribution in [1.82, 2.24) is 24.9 Å². The van der Waals surface area contributed by atoms with Crippen LogP contribution in [0.25, 0.3) is 5.65 Å². The number of nitrogens with zero attached hydrogens (tertiary/aromatic N) is 4. The van der Waals surface area contributed by atoms with Gasteiger partial charge in [-0.2, -0.15) is 5.10 Å². The van der Waals surface area contributed by atoms with E-state index in [9.17, 15) is 4.79 Å². The molecule has 0 fully saturated rings. The number of hydrogen-bond donors (Lipinski definition) is 1. The normalized spacial score (nSPS) is 12.5. The molecule has 0 saturated heterocycles. The van der Waals surface area contributed by atoms with Gasteiger partial charge in [-0.25, -0.2) is 9.50 Å². The average Bonchev–Trinajstić information content (AvgIpc) is 3.18. The Kier molecular flexibility index (Phi) is 4.38. The Morgan fingerprint density at radius 2 is 2.26 bits per heavy atom. The molecular weight excluding hydrogens is 310 g/mol. The van der Waals surface area contributed by atoms with E-state index in [1.54, 1.807) is 29.2 Å². The lowest BCUT2D eigenvalue weighted by atomic mass is 10.1. The topological polar surface area (TPSA) is 72.2 Å². The van der Waals surface area contributed by atoms with Crippen molar-refractivity contribution >= 4 is 22.9 Å². The molecular formula is C16H19N5OS. The summed E-state index contributed by atoms with van der Waals surface area (Å²) in [6, 6.07) is 1.87. The van der Waals surface area contributed by atoms with Gasteiger partial charge >= 0.3 is 0 Å². The summed E-state index contributed by atoms with van der Waals surface area (Å²) in [6.07, 6.45) is 4.61. The number of amides is 1. The standard InChI is InChI=1S/C16H19N5OS/c1-10-13(12(3)21-15(19-10)6-7-18-21)4-5-16(22)20-11(2)14-8-17-9-23-14/h6-9,11H,4-5H2,1-3H3,(H,20,22). The Morgan fingerprint density at radius 1 is 1.43 bits per heavy atom. The van der Waals surface area contributed by atoms with E-state index in [2.05, 4.69) is 20.4 Å². The number of rotatable bonds is 5. The summed E-state index contributed by atoms with van der Waals surface area (Å²) < 4.78 is 1.82. The van der Waals surface area contributed by atoms with Crippen LogP contribution in [0.5, 0.6) is 0 Å². The lowest BCUT2D eigenvalue weighted by Crippen LogP contribution is -2.26. The second-order valence-corrected chi connectivity index (χ2v) is 6.47. The van der Waals surface area contributed by atoms with Crippen LogP contribution < -0.4 is 5.32 Å². The molecule has 0 aliphatic carbocycles. The Bertz CT molecular complexity index is 824. The fourth-order valence-corrected chi connectivity index (χ4v) is 3.32. The molecule has 0 aliphatic rings. The second kappa shape index (κ2) is 6.45. The minimum Gasteiger partial charge on any atom is -0.349 e. The van der Waals surface area contributed by atoms with Crippen molar-refractivity contribution in [2.24, 2.45) is 0 Å². The number of nitrogens with one attached hydrogen (secondary N) is 1. The summed E-state index contributed by atoms with van der Waals surface area (Å²) in [4.78, 5) is 21.8. The van der Waals surface area contributed by atoms with Crippen LogP contribution in [0.3, 0.4) is 0 Å². The number of aryl methyl sites for hydroxylation is 2. The Balaban J connectivity index is 1.67. The zero-order valence-corrected chi connectivity index (χ0v) is 14.2. The molecule has 0 aliphatic heterocycles. The predicted molar refractivity (Wildman–Crippen MR) is 89.5 cm³/mol. The molecule has 0 saturated carbocycles. The van der Waals surface area contributed by atoms with Crippen molar-refractivity contribution in [3.8, 4) is 0 Å². The van der Waals surface area contributed by atoms with E-state index >= 15 is 0 Å². The maximum atomic E-state index is 12.2. The molecule has 7 heteroatoms. The van der Waals surface area contributed by atoms with Crippen molar-refractivity contribution in [2.45, 2.75) is 39.7 Å². The SMILES string of the molecule is Cc1nc2ccnn2c(C)c1CCC(=O)NC(C)c1cncs1. The molecule has 0 aromatic carbocycles. The van der Waals surface area contributed by atoms with Gasteiger partial charge in [-0.15, -0.1) is 11.3 Å². The van der Waals surface area contributed by atoms with Crippen LogP contribution in [0.1, 0.15) is 41.2 Å². The molecule has 1 N–H and O–H groups in total. The van der Waals surface area contributed by atoms with E-state index in [-0.39, 0.29) is 11.9 Å². The summed E-state index contributed by atoms with van der Waals surface area (Å²) in [6.45, 7) is 5.97. The quantitative estimate of drug-likeness (QED) is 0.781. The summed E-state index contributed by atoms with van der Waals surface area (Å²) in [5.41, 5.74) is 5.70. The first kappa shape index (κ1) is 15.6. The van der Waals surface area contributed by atoms with Gasteiger partial charge in [0.25, 0.3) is 0 Å². The fourth-order valence-electron chi connectivity index (χ4n) is 2.69. The largest absolute Gasteiger partial charge is 0.349 e. The molecule has 120 valence electrons. The number of thiazole rings is 1. The molecule has 0 radical (unpaired) electrons. The third kappa shape index (κ3) is 3.24. The molecule has 1 amide bonds. The van der Waals surface area contributed by atoms with E-state index in [0.29, 0.717) is 12.8 Å². The fraction of sp³-hybridized carbons (Fsp3) is 0.375. The van der Waals surface area contributed by atoms with E-state index in [4.69, 9.17) is 0 Å². The summed E-state index contributed by atoms with van der Waals surface area (Å²) in [7, 11) is 0. The van der Waals surface area contributed by atoms with Gasteiger partial charge in [0.1, 0.15) is 0 Å². The predicted octanol–water partition coefficient (Wildman–Crippen LogP) is 2.61. The van der Waals surface area contributed by atoms with Gasteiger partial charge < -0.3 is 5.32 Å². The zero-order chi connectivity index (χ0) is 16.4. The van der Waals surface area contributed by atoms with Crippen LogP contribution in [-0.4, -0.2) is 25.5 Å². The maximum absolute atomic E-state index is 12.2. The summed E-state index contributed by atoms with van der Waals surface area (Å²) >= 11 is 1.55. The molecule has 3 aromatic rings. The van der Waals surface area contributed by atoms with Crippen molar-refractivity contribution in [3.63, 3.8) is 0 Å². The zero-order valence-electron chi connectivity index (χ0n) is 13.4. The van der Waals surface area contributed by atoms with E-state index in [1.165, 1.54) is 0 Å². The molecule has 0 spiro atoms. The highest BCUT2D eigenvalue weighted by molar-refractivity contribution is 7.09. The highest BCUT2D eigenvalue weighted by atomic mass is 32.1. The minimum absolute atomic E-state index is 0.0103. The highest BCUT2D eigenvalue weighted by Crippen LogP contribution is 2.18. The number of carbonyl (C=O) groups excluding carboxylic acids is 1. The van der Waals surface area contributed by atoms with Crippen LogP contribution in [0, 0.1) is 13.8 Å². The van der Waals surface area contributed by atoms with Crippen LogP contribution in [0.4, 0.5) is 0 Å². The molecule has 1 atom stereocenters. The van der Waals surface area contributed by atoms with E-state index in [1.807, 2.05) is 31.4 Å². The molecule has 3 rings (SSSR count). The smallest absolute Gasteiger partial charge is 0.220 e. The van der Waals surface area contributed by atoms with Crippen LogP contribution in [0.2, 0.25) is 0 Å². The molecule has 6 nitrogen and oxygen atoms in total. The lowest BCUT2D eigenvalue weighted by Gasteiger charge is -2.13. The number of carbonyl (C=O) groups is 1. The first-order chi connectivity index (χ1) is 11.1. The van der Waals surface area contributed by atoms with Crippen LogP contribution >= 0.6 is 11.3 Å². The third-order valence-corrected chi connectivity index (χ3v) is 4.91. The first-order valence-corrected chi connectivity index (χ1v) is 8.42. The monoisotopic (exact) mass is 329 g/mol. The van der Waals surface area contributed by atoms with Crippen molar-refractivity contribution < 1.29 is 4.79 Å². The molecule has 1 unspecified atom stereocenters. The molecule has 0 bridgehead atoms. The van der Waals surface area contributed by atoms with E-state index in [0.717, 1.165) is 27.5 Å². The van der Waals surface area contributed by atoms with E-state index < -0.39 is 0 Å². The number of aromatic nitrogens is 4. The van der Waals surface area contributed by atoms with Gasteiger partial charge in [-0.3, -0.25) is 9.78 Å². The van der Waals surface area contributed by atoms with Gasteiger partial charge in [0.05, 0.1) is 17.7 Å². The Morgan fingerprint density at radius 3 is 3.00 bits per heavy atom. The first-order valence-electron chi connectivity index (χ1n) is 7.54. The van der Waals surface area contributed by atoms with Gasteiger partial charge in [-0.05, 0) is 32.8 Å². The maximum Gasteiger partial charge on any atom is 0.220 e. The molecule has 23 heavy (non-hydrogen) atoms. The van der Waals surface area contributed by atoms with Gasteiger partial charge in [0, 0.05) is 34.9 Å². The second-order valence-electron chi connectivity index (χ2n) is 5.56. The van der Waals surface area contributed by atoms with Crippen LogP contribution in [-0.2, 0) is 11.2 Å². The van der Waals surface area contributed by atoms with Crippen molar-refractivity contribution in [3.05, 3.63) is 45.8 Å².